The summed E-state index contributed by atoms with van der Waals surface area (Å²) in [5.41, 5.74) is 2.39. The van der Waals surface area contributed by atoms with Crippen molar-refractivity contribution in [1.82, 2.24) is 10.2 Å². The molecule has 252 valence electrons. The van der Waals surface area contributed by atoms with Crippen molar-refractivity contribution in [3.05, 3.63) is 155 Å². The van der Waals surface area contributed by atoms with Crippen LogP contribution in [0.25, 0.3) is 0 Å². The maximum atomic E-state index is 14.0. The fourth-order valence-electron chi connectivity index (χ4n) is 4.92. The van der Waals surface area contributed by atoms with Crippen LogP contribution in [0.1, 0.15) is 22.7 Å². The Bertz CT molecular complexity index is 1960. The van der Waals surface area contributed by atoms with Gasteiger partial charge in [-0.05, 0) is 89.5 Å². The summed E-state index contributed by atoms with van der Waals surface area (Å²) in [5, 5.41) is 3.49. The van der Waals surface area contributed by atoms with Crippen LogP contribution >= 0.6 is 11.6 Å². The van der Waals surface area contributed by atoms with Crippen LogP contribution in [0.5, 0.6) is 11.5 Å². The third kappa shape index (κ3) is 9.59. The number of carbonyl (C=O) groups is 2. The summed E-state index contributed by atoms with van der Waals surface area (Å²) in [7, 11) is -2.39. The van der Waals surface area contributed by atoms with Gasteiger partial charge in [0.2, 0.25) is 5.91 Å². The van der Waals surface area contributed by atoms with Gasteiger partial charge in [-0.3, -0.25) is 14.3 Å². The van der Waals surface area contributed by atoms with E-state index in [0.717, 1.165) is 23.3 Å². The van der Waals surface area contributed by atoms with Crippen LogP contribution in [-0.2, 0) is 32.7 Å². The van der Waals surface area contributed by atoms with Crippen molar-refractivity contribution in [3.63, 3.8) is 0 Å². The topological polar surface area (TPSA) is 114 Å². The molecule has 2 N–H and O–H groups in total. The molecule has 0 aromatic heterocycles. The molecule has 0 heterocycles. The number of amides is 2. The molecular weight excluding hydrogens is 669 g/mol. The second kappa shape index (κ2) is 16.1. The highest BCUT2D eigenvalue weighted by Gasteiger charge is 2.32. The Hall–Kier alpha value is -5.39. The van der Waals surface area contributed by atoms with E-state index in [0.29, 0.717) is 16.3 Å². The van der Waals surface area contributed by atoms with E-state index in [2.05, 4.69) is 10.0 Å². The summed E-state index contributed by atoms with van der Waals surface area (Å²) in [6, 6.07) is 32.6. The minimum absolute atomic E-state index is 0.0578. The Morgan fingerprint density at radius 1 is 0.796 bits per heavy atom. The molecule has 0 aliphatic carbocycles. The van der Waals surface area contributed by atoms with E-state index in [4.69, 9.17) is 21.1 Å². The van der Waals surface area contributed by atoms with Gasteiger partial charge < -0.3 is 19.7 Å². The number of carbonyl (C=O) groups excluding carboxylic acids is 2. The number of benzene rings is 5. The third-order valence-corrected chi connectivity index (χ3v) is 9.13. The molecular formula is C37H33ClFN3O6S. The predicted molar refractivity (Wildman–Crippen MR) is 185 cm³/mol. The van der Waals surface area contributed by atoms with Crippen molar-refractivity contribution in [2.45, 2.75) is 24.0 Å². The number of hydrogen-bond acceptors (Lipinski definition) is 6. The number of sulfonamides is 1. The number of halogens is 2. The minimum Gasteiger partial charge on any atom is -0.497 e. The lowest BCUT2D eigenvalue weighted by molar-refractivity contribution is -0.143. The average molecular weight is 702 g/mol. The first-order valence-corrected chi connectivity index (χ1v) is 17.0. The number of rotatable bonds is 14. The van der Waals surface area contributed by atoms with Gasteiger partial charge in [-0.2, -0.15) is 0 Å². The summed E-state index contributed by atoms with van der Waals surface area (Å²) >= 11 is 6.11. The number of ether oxygens (including phenoxy) is 2. The zero-order valence-corrected chi connectivity index (χ0v) is 28.0. The van der Waals surface area contributed by atoms with Crippen LogP contribution in [0, 0.1) is 5.82 Å². The van der Waals surface area contributed by atoms with Gasteiger partial charge in [-0.25, -0.2) is 12.8 Å². The van der Waals surface area contributed by atoms with Gasteiger partial charge in [0.1, 0.15) is 23.4 Å². The molecule has 0 saturated heterocycles. The van der Waals surface area contributed by atoms with E-state index in [9.17, 15) is 22.4 Å². The van der Waals surface area contributed by atoms with Crippen LogP contribution < -0.4 is 19.5 Å². The fraction of sp³-hybridized carbons (Fsp3) is 0.135. The van der Waals surface area contributed by atoms with Gasteiger partial charge >= 0.3 is 0 Å². The Morgan fingerprint density at radius 2 is 1.41 bits per heavy atom. The number of nitrogens with zero attached hydrogens (tertiary/aromatic N) is 1. The molecule has 2 amide bonds. The molecule has 5 rings (SSSR count). The molecule has 5 aromatic carbocycles. The smallest absolute Gasteiger partial charge is 0.261 e. The van der Waals surface area contributed by atoms with Gasteiger partial charge in [0, 0.05) is 23.8 Å². The Kier molecular flexibility index (Phi) is 11.5. The summed E-state index contributed by atoms with van der Waals surface area (Å²) in [6.07, 6.45) is 0. The molecule has 1 atom stereocenters. The Morgan fingerprint density at radius 3 is 2.04 bits per heavy atom. The summed E-state index contributed by atoms with van der Waals surface area (Å²) in [4.78, 5) is 29.2. The monoisotopic (exact) mass is 701 g/mol. The molecule has 0 radical (unpaired) electrons. The van der Waals surface area contributed by atoms with Crippen molar-refractivity contribution in [3.8, 4) is 11.5 Å². The molecule has 9 nitrogen and oxygen atoms in total. The van der Waals surface area contributed by atoms with E-state index >= 15 is 0 Å². The Labute approximate surface area is 289 Å². The largest absolute Gasteiger partial charge is 0.497 e. The fourth-order valence-corrected chi connectivity index (χ4v) is 6.11. The molecule has 0 fully saturated rings. The van der Waals surface area contributed by atoms with Gasteiger partial charge in [-0.15, -0.1) is 0 Å². The quantitative estimate of drug-likeness (QED) is 0.132. The second-order valence-corrected chi connectivity index (χ2v) is 13.0. The van der Waals surface area contributed by atoms with Gasteiger partial charge in [0.05, 0.1) is 12.0 Å². The number of methoxy groups -OCH3 is 1. The maximum absolute atomic E-state index is 14.0. The van der Waals surface area contributed by atoms with Crippen molar-refractivity contribution in [2.24, 2.45) is 0 Å². The Balaban J connectivity index is 1.35. The van der Waals surface area contributed by atoms with E-state index in [1.54, 1.807) is 67.8 Å². The molecule has 0 spiro atoms. The van der Waals surface area contributed by atoms with E-state index in [1.807, 2.05) is 18.2 Å². The van der Waals surface area contributed by atoms with Crippen LogP contribution in [0.3, 0.4) is 0 Å². The van der Waals surface area contributed by atoms with E-state index < -0.39 is 40.3 Å². The van der Waals surface area contributed by atoms with Gasteiger partial charge in [0.15, 0.2) is 6.61 Å². The summed E-state index contributed by atoms with van der Waals surface area (Å²) < 4.78 is 52.3. The lowest BCUT2D eigenvalue weighted by Crippen LogP contribution is -2.45. The first kappa shape index (κ1) is 34.9. The van der Waals surface area contributed by atoms with Crippen LogP contribution in [0.4, 0.5) is 10.1 Å². The number of anilines is 1. The lowest BCUT2D eigenvalue weighted by atomic mass is 10.0. The highest BCUT2D eigenvalue weighted by Crippen LogP contribution is 2.26. The van der Waals surface area contributed by atoms with Gasteiger partial charge in [-0.1, -0.05) is 66.2 Å². The van der Waals surface area contributed by atoms with Crippen LogP contribution in [-0.4, -0.2) is 38.8 Å². The van der Waals surface area contributed by atoms with E-state index in [1.165, 1.54) is 41.3 Å². The minimum atomic E-state index is -3.97. The molecule has 5 aromatic rings. The molecule has 0 bridgehead atoms. The third-order valence-electron chi connectivity index (χ3n) is 7.48. The first-order chi connectivity index (χ1) is 23.6. The van der Waals surface area contributed by atoms with Crippen molar-refractivity contribution >= 4 is 39.1 Å². The first-order valence-electron chi connectivity index (χ1n) is 15.1. The number of nitrogens with one attached hydrogen (secondary N) is 2. The molecule has 0 unspecified atom stereocenters. The molecule has 0 saturated carbocycles. The average Bonchev–Trinajstić information content (AvgIpc) is 3.12. The SMILES string of the molecule is COc1ccc(CNC(=O)[C@H](c2ccccc2)N(Cc2ccc(Cl)cc2)C(=O)COc2ccc(S(=O)(=O)Nc3ccc(F)cc3)cc2)cc1. The molecule has 12 heteroatoms. The van der Waals surface area contributed by atoms with Crippen LogP contribution in [0.15, 0.2) is 132 Å². The van der Waals surface area contributed by atoms with Gasteiger partial charge in [0.25, 0.3) is 15.9 Å². The van der Waals surface area contributed by atoms with Crippen LogP contribution in [0.2, 0.25) is 5.02 Å². The maximum Gasteiger partial charge on any atom is 0.261 e. The zero-order valence-electron chi connectivity index (χ0n) is 26.4. The van der Waals surface area contributed by atoms with Crippen molar-refractivity contribution in [1.29, 1.82) is 0 Å². The highest BCUT2D eigenvalue weighted by atomic mass is 35.5. The second-order valence-electron chi connectivity index (χ2n) is 10.9. The summed E-state index contributed by atoms with van der Waals surface area (Å²) in [5.74, 6) is -0.448. The normalized spacial score (nSPS) is 11.7. The standard InChI is InChI=1S/C37H33ClFN3O6S/c1-47-32-17-9-26(10-18-32)23-40-37(44)36(28-5-3-2-4-6-28)42(24-27-7-11-29(38)12-8-27)35(43)25-48-33-19-21-34(22-20-33)49(45,46)41-31-15-13-30(39)14-16-31/h2-22,36,41H,23-25H2,1H3,(H,40,44)/t36-/m0/s1. The van der Waals surface area contributed by atoms with Crippen molar-refractivity contribution in [2.75, 3.05) is 18.4 Å². The molecule has 49 heavy (non-hydrogen) atoms. The predicted octanol–water partition coefficient (Wildman–Crippen LogP) is 6.75. The molecule has 0 aliphatic rings. The number of hydrogen-bond donors (Lipinski definition) is 2. The van der Waals surface area contributed by atoms with Crippen molar-refractivity contribution < 1.29 is 31.9 Å². The highest BCUT2D eigenvalue weighted by molar-refractivity contribution is 7.92. The lowest BCUT2D eigenvalue weighted by Gasteiger charge is -2.31. The van der Waals surface area contributed by atoms with E-state index in [-0.39, 0.29) is 29.4 Å². The molecule has 0 aliphatic heterocycles. The summed E-state index contributed by atoms with van der Waals surface area (Å²) in [6.45, 7) is -0.152. The zero-order chi connectivity index (χ0) is 34.8.